The van der Waals surface area contributed by atoms with Gasteiger partial charge >= 0.3 is 5.97 Å². The summed E-state index contributed by atoms with van der Waals surface area (Å²) in [5.41, 5.74) is 5.56. The number of aliphatic carboxylic acids is 1. The van der Waals surface area contributed by atoms with Crippen molar-refractivity contribution in [1.82, 2.24) is 14.9 Å². The number of hydrogen-bond acceptors (Lipinski definition) is 6. The van der Waals surface area contributed by atoms with E-state index >= 15 is 0 Å². The van der Waals surface area contributed by atoms with Gasteiger partial charge in [0.05, 0.1) is 49.1 Å². The zero-order chi connectivity index (χ0) is 28.1. The molecule has 4 atom stereocenters. The highest BCUT2D eigenvalue weighted by Gasteiger charge is 2.38. The fourth-order valence-corrected chi connectivity index (χ4v) is 4.98. The Hall–Kier alpha value is -4.05. The summed E-state index contributed by atoms with van der Waals surface area (Å²) in [6.07, 6.45) is 0.572. The van der Waals surface area contributed by atoms with Crippen LogP contribution in [0.3, 0.4) is 0 Å². The van der Waals surface area contributed by atoms with Gasteiger partial charge in [-0.2, -0.15) is 0 Å². The topological polar surface area (TPSA) is 123 Å². The molecule has 4 aromatic rings. The smallest absolute Gasteiger partial charge is 0.303 e. The zero-order valence-corrected chi connectivity index (χ0v) is 22.3. The van der Waals surface area contributed by atoms with E-state index in [1.54, 1.807) is 0 Å². The number of nitrogens with one attached hydrogen (secondary N) is 1. The van der Waals surface area contributed by atoms with Crippen LogP contribution in [0.2, 0.25) is 0 Å². The van der Waals surface area contributed by atoms with E-state index < -0.39 is 12.3 Å². The molecule has 2 heterocycles. The van der Waals surface area contributed by atoms with E-state index in [1.165, 1.54) is 0 Å². The highest BCUT2D eigenvalue weighted by atomic mass is 16.7. The standard InChI is InChI=1S/C31H33N3O6/c1-20-27(17-34-19-33-25-4-2-3-5-26(25)34)39-31(40-30(20)23-10-8-22(18-35)9-11-23)24-12-6-21(7-13-24)16-32-28(36)14-15-29(37)38/h2-13,19-20,27,30-31,35H,14-18H2,1H3,(H,32,36)(H,37,38). The van der Waals surface area contributed by atoms with Gasteiger partial charge in [0.25, 0.3) is 0 Å². The molecule has 1 aromatic heterocycles. The second-order valence-corrected chi connectivity index (χ2v) is 10.1. The van der Waals surface area contributed by atoms with Crippen LogP contribution in [0.15, 0.2) is 79.1 Å². The number of fused-ring (bicyclic) bond motifs is 1. The third-order valence-electron chi connectivity index (χ3n) is 7.33. The maximum absolute atomic E-state index is 11.9. The maximum atomic E-state index is 11.9. The number of amides is 1. The van der Waals surface area contributed by atoms with Gasteiger partial charge in [0.15, 0.2) is 6.29 Å². The molecular formula is C31H33N3O6. The Bertz CT molecular complexity index is 1450. The molecule has 3 N–H and O–H groups in total. The second-order valence-electron chi connectivity index (χ2n) is 10.1. The second kappa shape index (κ2) is 12.4. The number of ether oxygens (including phenoxy) is 2. The van der Waals surface area contributed by atoms with Crippen molar-refractivity contribution in [2.24, 2.45) is 5.92 Å². The molecular weight excluding hydrogens is 510 g/mol. The first-order valence-electron chi connectivity index (χ1n) is 13.4. The van der Waals surface area contributed by atoms with Crippen molar-refractivity contribution in [1.29, 1.82) is 0 Å². The van der Waals surface area contributed by atoms with Crippen LogP contribution in [0.5, 0.6) is 0 Å². The number of hydrogen-bond donors (Lipinski definition) is 3. The van der Waals surface area contributed by atoms with Gasteiger partial charge in [-0.3, -0.25) is 9.59 Å². The van der Waals surface area contributed by atoms with Crippen LogP contribution in [-0.2, 0) is 38.8 Å². The van der Waals surface area contributed by atoms with Gasteiger partial charge in [-0.25, -0.2) is 4.98 Å². The van der Waals surface area contributed by atoms with Crippen LogP contribution in [0.4, 0.5) is 0 Å². The van der Waals surface area contributed by atoms with Crippen molar-refractivity contribution in [2.75, 3.05) is 0 Å². The van der Waals surface area contributed by atoms with Crippen LogP contribution < -0.4 is 5.32 Å². The molecule has 0 saturated carbocycles. The van der Waals surface area contributed by atoms with Crippen LogP contribution in [-0.4, -0.2) is 37.7 Å². The van der Waals surface area contributed by atoms with E-state index in [9.17, 15) is 14.7 Å². The zero-order valence-electron chi connectivity index (χ0n) is 22.3. The molecule has 1 aliphatic rings. The SMILES string of the molecule is CC1C(Cn2cnc3ccccc32)OC(c2ccc(CNC(=O)CCC(=O)O)cc2)OC1c1ccc(CO)cc1. The van der Waals surface area contributed by atoms with Gasteiger partial charge in [0, 0.05) is 24.4 Å². The van der Waals surface area contributed by atoms with Gasteiger partial charge < -0.3 is 29.6 Å². The fraction of sp³-hybridized carbons (Fsp3) is 0.323. The molecule has 5 rings (SSSR count). The Kier molecular flexibility index (Phi) is 8.54. The molecule has 1 saturated heterocycles. The summed E-state index contributed by atoms with van der Waals surface area (Å²) in [4.78, 5) is 27.1. The number of carboxylic acids is 1. The van der Waals surface area contributed by atoms with Crippen molar-refractivity contribution >= 4 is 22.9 Å². The van der Waals surface area contributed by atoms with Gasteiger partial charge in [0.2, 0.25) is 5.91 Å². The van der Waals surface area contributed by atoms with Gasteiger partial charge in [-0.05, 0) is 28.8 Å². The summed E-state index contributed by atoms with van der Waals surface area (Å²) in [5.74, 6) is -1.27. The summed E-state index contributed by atoms with van der Waals surface area (Å²) in [6, 6.07) is 23.5. The lowest BCUT2D eigenvalue weighted by atomic mass is 9.90. The molecule has 0 bridgehead atoms. The molecule has 1 aliphatic heterocycles. The number of rotatable bonds is 10. The lowest BCUT2D eigenvalue weighted by molar-refractivity contribution is -0.276. The minimum atomic E-state index is -0.997. The first kappa shape index (κ1) is 27.5. The summed E-state index contributed by atoms with van der Waals surface area (Å²) in [7, 11) is 0. The Morgan fingerprint density at radius 1 is 0.925 bits per heavy atom. The van der Waals surface area contributed by atoms with Crippen LogP contribution in [0.25, 0.3) is 11.0 Å². The Labute approximate surface area is 232 Å². The van der Waals surface area contributed by atoms with E-state index in [1.807, 2.05) is 79.1 Å². The predicted molar refractivity (Wildman–Crippen MR) is 148 cm³/mol. The number of carbonyl (C=O) groups is 2. The summed E-state index contributed by atoms with van der Waals surface area (Å²) in [5, 5.41) is 21.0. The summed E-state index contributed by atoms with van der Waals surface area (Å²) in [6.45, 7) is 3.02. The number of carbonyl (C=O) groups excluding carboxylic acids is 1. The number of para-hydroxylation sites is 2. The van der Waals surface area contributed by atoms with E-state index in [4.69, 9.17) is 14.6 Å². The van der Waals surface area contributed by atoms with Crippen molar-refractivity contribution in [2.45, 2.75) is 58.0 Å². The number of carboxylic acid groups (broad SMARTS) is 1. The van der Waals surface area contributed by atoms with Crippen LogP contribution >= 0.6 is 0 Å². The monoisotopic (exact) mass is 543 g/mol. The van der Waals surface area contributed by atoms with Gasteiger partial charge in [-0.1, -0.05) is 67.6 Å². The van der Waals surface area contributed by atoms with E-state index in [0.29, 0.717) is 13.1 Å². The first-order valence-corrected chi connectivity index (χ1v) is 13.4. The third-order valence-corrected chi connectivity index (χ3v) is 7.33. The van der Waals surface area contributed by atoms with Crippen molar-refractivity contribution in [3.8, 4) is 0 Å². The minimum Gasteiger partial charge on any atom is -0.481 e. The number of imidazole rings is 1. The maximum Gasteiger partial charge on any atom is 0.303 e. The molecule has 9 heteroatoms. The minimum absolute atomic E-state index is 0.0181. The predicted octanol–water partition coefficient (Wildman–Crippen LogP) is 4.50. The molecule has 208 valence electrons. The normalized spacial score (nSPS) is 20.9. The average Bonchev–Trinajstić information content (AvgIpc) is 3.39. The molecule has 0 aliphatic carbocycles. The Morgan fingerprint density at radius 2 is 1.62 bits per heavy atom. The fourth-order valence-electron chi connectivity index (χ4n) is 4.98. The van der Waals surface area contributed by atoms with Crippen molar-refractivity contribution < 1.29 is 29.3 Å². The van der Waals surface area contributed by atoms with Gasteiger partial charge in [-0.15, -0.1) is 0 Å². The molecule has 0 radical (unpaired) electrons. The van der Waals surface area contributed by atoms with Crippen LogP contribution in [0, 0.1) is 5.92 Å². The lowest BCUT2D eigenvalue weighted by Gasteiger charge is -2.41. The van der Waals surface area contributed by atoms with E-state index in [2.05, 4.69) is 21.8 Å². The van der Waals surface area contributed by atoms with Crippen LogP contribution in [0.1, 0.15) is 54.4 Å². The molecule has 1 amide bonds. The van der Waals surface area contributed by atoms with E-state index in [-0.39, 0.29) is 43.5 Å². The summed E-state index contributed by atoms with van der Waals surface area (Å²) >= 11 is 0. The third kappa shape index (κ3) is 6.39. The lowest BCUT2D eigenvalue weighted by Crippen LogP contribution is -2.39. The van der Waals surface area contributed by atoms with Gasteiger partial charge in [0.1, 0.15) is 0 Å². The molecule has 9 nitrogen and oxygen atoms in total. The molecule has 40 heavy (non-hydrogen) atoms. The number of aliphatic hydroxyl groups is 1. The Balaban J connectivity index is 1.35. The number of nitrogens with zero attached hydrogens (tertiary/aromatic N) is 2. The van der Waals surface area contributed by atoms with Crippen molar-refractivity contribution in [3.63, 3.8) is 0 Å². The molecule has 0 spiro atoms. The average molecular weight is 544 g/mol. The summed E-state index contributed by atoms with van der Waals surface area (Å²) < 4.78 is 15.2. The number of aliphatic hydroxyl groups excluding tert-OH is 1. The first-order chi connectivity index (χ1) is 19.4. The largest absolute Gasteiger partial charge is 0.481 e. The molecule has 4 unspecified atom stereocenters. The Morgan fingerprint density at radius 3 is 2.35 bits per heavy atom. The number of benzene rings is 3. The quantitative estimate of drug-likeness (QED) is 0.269. The highest BCUT2D eigenvalue weighted by Crippen LogP contribution is 2.42. The highest BCUT2D eigenvalue weighted by molar-refractivity contribution is 5.80. The molecule has 1 fully saturated rings. The van der Waals surface area contributed by atoms with Crippen molar-refractivity contribution in [3.05, 3.63) is 101 Å². The molecule has 3 aromatic carbocycles. The van der Waals surface area contributed by atoms with E-state index in [0.717, 1.165) is 33.3 Å². The number of aromatic nitrogens is 2.